The first kappa shape index (κ1) is 10.3. The molecule has 0 bridgehead atoms. The molecule has 0 aliphatic heterocycles. The molecule has 0 amide bonds. The molecule has 0 atom stereocenters. The lowest BCUT2D eigenvalue weighted by atomic mass is 10.2. The minimum absolute atomic E-state index is 0.204. The minimum atomic E-state index is -0.204. The van der Waals surface area contributed by atoms with Gasteiger partial charge in [-0.2, -0.15) is 0 Å². The van der Waals surface area contributed by atoms with Crippen molar-refractivity contribution in [3.05, 3.63) is 28.2 Å². The van der Waals surface area contributed by atoms with Crippen LogP contribution in [0.5, 0.6) is 0 Å². The van der Waals surface area contributed by atoms with Gasteiger partial charge in [0.2, 0.25) is 0 Å². The summed E-state index contributed by atoms with van der Waals surface area (Å²) in [7, 11) is 0. The second-order valence-electron chi connectivity index (χ2n) is 4.51. The molecule has 16 heavy (non-hydrogen) atoms. The molecule has 1 heterocycles. The van der Waals surface area contributed by atoms with Crippen molar-refractivity contribution < 1.29 is 4.39 Å². The maximum atomic E-state index is 13.6. The van der Waals surface area contributed by atoms with Crippen molar-refractivity contribution in [1.82, 2.24) is 9.55 Å². The number of imidazole rings is 1. The average Bonchev–Trinajstić information content (AvgIpc) is 2.98. The highest BCUT2D eigenvalue weighted by Gasteiger charge is 2.23. The van der Waals surface area contributed by atoms with Gasteiger partial charge in [-0.1, -0.05) is 0 Å². The summed E-state index contributed by atoms with van der Waals surface area (Å²) in [6.07, 6.45) is 4.43. The third kappa shape index (κ3) is 1.56. The largest absolute Gasteiger partial charge is 0.330 e. The Hall–Kier alpha value is -0.900. The van der Waals surface area contributed by atoms with Crippen LogP contribution >= 0.6 is 15.9 Å². The molecule has 1 saturated carbocycles. The fraction of sp³-hybridized carbons (Fsp3) is 0.417. The Morgan fingerprint density at radius 2 is 2.31 bits per heavy atom. The lowest BCUT2D eigenvalue weighted by Gasteiger charge is -2.05. The second-order valence-corrected chi connectivity index (χ2v) is 5.36. The van der Waals surface area contributed by atoms with Crippen molar-refractivity contribution in [3.63, 3.8) is 0 Å². The highest BCUT2D eigenvalue weighted by atomic mass is 79.9. The summed E-state index contributed by atoms with van der Waals surface area (Å²) < 4.78 is 16.3. The molecular weight excluding hydrogens is 271 g/mol. The van der Waals surface area contributed by atoms with Crippen LogP contribution in [0.2, 0.25) is 0 Å². The molecule has 1 aromatic heterocycles. The zero-order valence-corrected chi connectivity index (χ0v) is 10.6. The SMILES string of the molecule is Cc1c(F)c(Br)cc2c1ncn2CC1CC1. The third-order valence-corrected chi connectivity index (χ3v) is 3.76. The molecule has 2 aromatic rings. The van der Waals surface area contributed by atoms with Crippen LogP contribution in [-0.2, 0) is 6.54 Å². The molecule has 1 aliphatic carbocycles. The van der Waals surface area contributed by atoms with Crippen molar-refractivity contribution in [3.8, 4) is 0 Å². The van der Waals surface area contributed by atoms with E-state index in [1.165, 1.54) is 12.8 Å². The zero-order valence-electron chi connectivity index (χ0n) is 9.00. The molecule has 1 aromatic carbocycles. The quantitative estimate of drug-likeness (QED) is 0.822. The molecule has 0 radical (unpaired) electrons. The number of hydrogen-bond donors (Lipinski definition) is 0. The van der Waals surface area contributed by atoms with E-state index in [9.17, 15) is 4.39 Å². The molecule has 0 saturated heterocycles. The molecule has 84 valence electrons. The molecule has 0 N–H and O–H groups in total. The zero-order chi connectivity index (χ0) is 11.3. The number of aromatic nitrogens is 2. The van der Waals surface area contributed by atoms with E-state index >= 15 is 0 Å². The van der Waals surface area contributed by atoms with Crippen molar-refractivity contribution >= 4 is 27.0 Å². The molecule has 1 fully saturated rings. The maximum absolute atomic E-state index is 13.6. The lowest BCUT2D eigenvalue weighted by Crippen LogP contribution is -1.98. The average molecular weight is 283 g/mol. The van der Waals surface area contributed by atoms with E-state index < -0.39 is 0 Å². The predicted octanol–water partition coefficient (Wildman–Crippen LogP) is 3.66. The van der Waals surface area contributed by atoms with Crippen LogP contribution in [0.15, 0.2) is 16.9 Å². The van der Waals surface area contributed by atoms with Gasteiger partial charge in [0.05, 0.1) is 21.8 Å². The fourth-order valence-corrected chi connectivity index (χ4v) is 2.54. The van der Waals surface area contributed by atoms with Gasteiger partial charge < -0.3 is 4.57 Å². The Morgan fingerprint density at radius 1 is 1.56 bits per heavy atom. The number of halogens is 2. The summed E-state index contributed by atoms with van der Waals surface area (Å²) in [4.78, 5) is 4.30. The maximum Gasteiger partial charge on any atom is 0.142 e. The van der Waals surface area contributed by atoms with Gasteiger partial charge in [0, 0.05) is 12.1 Å². The second kappa shape index (κ2) is 3.55. The number of rotatable bonds is 2. The van der Waals surface area contributed by atoms with E-state index in [-0.39, 0.29) is 5.82 Å². The number of nitrogens with zero attached hydrogens (tertiary/aromatic N) is 2. The molecule has 0 unspecified atom stereocenters. The van der Waals surface area contributed by atoms with E-state index in [0.717, 1.165) is 23.5 Å². The van der Waals surface area contributed by atoms with Crippen LogP contribution in [0.1, 0.15) is 18.4 Å². The first-order valence-electron chi connectivity index (χ1n) is 5.46. The number of aryl methyl sites for hydroxylation is 1. The smallest absolute Gasteiger partial charge is 0.142 e. The third-order valence-electron chi connectivity index (χ3n) is 3.19. The summed E-state index contributed by atoms with van der Waals surface area (Å²) in [6.45, 7) is 2.78. The van der Waals surface area contributed by atoms with Crippen LogP contribution in [0.4, 0.5) is 4.39 Å². The summed E-state index contributed by atoms with van der Waals surface area (Å²) in [6, 6.07) is 1.83. The van der Waals surface area contributed by atoms with Gasteiger partial charge in [0.25, 0.3) is 0 Å². The van der Waals surface area contributed by atoms with Gasteiger partial charge in [-0.15, -0.1) is 0 Å². The summed E-state index contributed by atoms with van der Waals surface area (Å²) in [5.41, 5.74) is 2.43. The van der Waals surface area contributed by atoms with Gasteiger partial charge in [0.1, 0.15) is 5.82 Å². The normalized spacial score (nSPS) is 15.9. The molecule has 4 heteroatoms. The highest BCUT2D eigenvalue weighted by molar-refractivity contribution is 9.10. The van der Waals surface area contributed by atoms with Crippen LogP contribution in [0.25, 0.3) is 11.0 Å². The molecule has 1 aliphatic rings. The Kier molecular flexibility index (Phi) is 2.28. The number of hydrogen-bond acceptors (Lipinski definition) is 1. The summed E-state index contributed by atoms with van der Waals surface area (Å²) in [5, 5.41) is 0. The Bertz CT molecular complexity index is 558. The van der Waals surface area contributed by atoms with Gasteiger partial charge in [0.15, 0.2) is 0 Å². The van der Waals surface area contributed by atoms with Crippen LogP contribution in [-0.4, -0.2) is 9.55 Å². The Labute approximate surface area is 102 Å². The number of fused-ring (bicyclic) bond motifs is 1. The first-order chi connectivity index (χ1) is 7.66. The van der Waals surface area contributed by atoms with E-state index in [1.807, 2.05) is 12.4 Å². The van der Waals surface area contributed by atoms with E-state index in [2.05, 4.69) is 25.5 Å². The van der Waals surface area contributed by atoms with E-state index in [0.29, 0.717) is 10.0 Å². The van der Waals surface area contributed by atoms with Crippen molar-refractivity contribution in [2.75, 3.05) is 0 Å². The monoisotopic (exact) mass is 282 g/mol. The molecule has 3 rings (SSSR count). The molecule has 0 spiro atoms. The van der Waals surface area contributed by atoms with Gasteiger partial charge in [-0.05, 0) is 47.7 Å². The van der Waals surface area contributed by atoms with Gasteiger partial charge >= 0.3 is 0 Å². The number of benzene rings is 1. The van der Waals surface area contributed by atoms with Crippen LogP contribution in [0, 0.1) is 18.7 Å². The standard InChI is InChI=1S/C12H12BrFN2/c1-7-11(14)9(13)4-10-12(7)15-6-16(10)5-8-2-3-8/h4,6,8H,2-3,5H2,1H3. The topological polar surface area (TPSA) is 17.8 Å². The molecule has 2 nitrogen and oxygen atoms in total. The van der Waals surface area contributed by atoms with Crippen LogP contribution < -0.4 is 0 Å². The highest BCUT2D eigenvalue weighted by Crippen LogP contribution is 2.33. The molecular formula is C12H12BrFN2. The summed E-state index contributed by atoms with van der Waals surface area (Å²) in [5.74, 6) is 0.589. The van der Waals surface area contributed by atoms with E-state index in [1.54, 1.807) is 6.92 Å². The Morgan fingerprint density at radius 3 is 3.00 bits per heavy atom. The predicted molar refractivity (Wildman–Crippen MR) is 64.9 cm³/mol. The van der Waals surface area contributed by atoms with Crippen molar-refractivity contribution in [2.45, 2.75) is 26.3 Å². The Balaban J connectivity index is 2.17. The fourth-order valence-electron chi connectivity index (χ4n) is 2.02. The summed E-state index contributed by atoms with van der Waals surface area (Å²) >= 11 is 3.25. The van der Waals surface area contributed by atoms with Gasteiger partial charge in [-0.25, -0.2) is 9.37 Å². The first-order valence-corrected chi connectivity index (χ1v) is 6.25. The van der Waals surface area contributed by atoms with Crippen molar-refractivity contribution in [2.24, 2.45) is 5.92 Å². The minimum Gasteiger partial charge on any atom is -0.330 e. The van der Waals surface area contributed by atoms with Gasteiger partial charge in [-0.3, -0.25) is 0 Å². The van der Waals surface area contributed by atoms with Crippen molar-refractivity contribution in [1.29, 1.82) is 0 Å². The van der Waals surface area contributed by atoms with Crippen LogP contribution in [0.3, 0.4) is 0 Å². The van der Waals surface area contributed by atoms with E-state index in [4.69, 9.17) is 0 Å². The lowest BCUT2D eigenvalue weighted by molar-refractivity contribution is 0.613.